The first-order valence-electron chi connectivity index (χ1n) is 6.11. The number of nitrogens with one attached hydrogen (secondary N) is 1. The van der Waals surface area contributed by atoms with Gasteiger partial charge in [0, 0.05) is 6.07 Å². The Morgan fingerprint density at radius 3 is 2.36 bits per heavy atom. The number of rotatable bonds is 4. The van der Waals surface area contributed by atoms with Gasteiger partial charge in [-0.3, -0.25) is 4.72 Å². The van der Waals surface area contributed by atoms with E-state index in [-0.39, 0.29) is 10.6 Å². The van der Waals surface area contributed by atoms with E-state index in [0.717, 1.165) is 17.7 Å². The summed E-state index contributed by atoms with van der Waals surface area (Å²) < 4.78 is 66.8. The maximum absolute atomic E-state index is 12.2. The molecule has 0 saturated heterocycles. The monoisotopic (exact) mass is 331 g/mol. The Balaban J connectivity index is 2.25. The molecule has 2 aromatic carbocycles. The number of halogens is 3. The molecule has 2 rings (SSSR count). The number of aryl methyl sites for hydroxylation is 1. The second-order valence-electron chi connectivity index (χ2n) is 4.50. The van der Waals surface area contributed by atoms with Crippen LogP contribution in [0.25, 0.3) is 0 Å². The lowest BCUT2D eigenvalue weighted by Gasteiger charge is -2.12. The van der Waals surface area contributed by atoms with E-state index in [9.17, 15) is 21.6 Å². The highest BCUT2D eigenvalue weighted by Gasteiger charge is 2.31. The Hall–Kier alpha value is -2.22. The van der Waals surface area contributed by atoms with Crippen molar-refractivity contribution < 1.29 is 26.3 Å². The Labute approximate surface area is 125 Å². The first kappa shape index (κ1) is 16.2. The Kier molecular flexibility index (Phi) is 4.32. The minimum atomic E-state index is -4.84. The molecule has 0 aliphatic carbocycles. The molecule has 0 aliphatic rings. The molecule has 0 heterocycles. The van der Waals surface area contributed by atoms with Gasteiger partial charge in [-0.2, -0.15) is 0 Å². The van der Waals surface area contributed by atoms with Crippen molar-refractivity contribution in [1.82, 2.24) is 0 Å². The van der Waals surface area contributed by atoms with Crippen LogP contribution in [-0.4, -0.2) is 14.8 Å². The Morgan fingerprint density at radius 2 is 1.73 bits per heavy atom. The molecule has 0 atom stereocenters. The molecular weight excluding hydrogens is 319 g/mol. The number of hydrogen-bond acceptors (Lipinski definition) is 3. The van der Waals surface area contributed by atoms with E-state index in [1.807, 2.05) is 0 Å². The zero-order valence-electron chi connectivity index (χ0n) is 11.4. The van der Waals surface area contributed by atoms with Gasteiger partial charge in [0.1, 0.15) is 5.75 Å². The van der Waals surface area contributed by atoms with E-state index in [4.69, 9.17) is 0 Å². The minimum absolute atomic E-state index is 0.0228. The predicted molar refractivity (Wildman–Crippen MR) is 75.1 cm³/mol. The van der Waals surface area contributed by atoms with Crippen molar-refractivity contribution in [2.45, 2.75) is 18.2 Å². The summed E-state index contributed by atoms with van der Waals surface area (Å²) in [6.45, 7) is 1.73. The third-order valence-corrected chi connectivity index (χ3v) is 4.00. The molecule has 0 unspecified atom stereocenters. The van der Waals surface area contributed by atoms with E-state index < -0.39 is 22.1 Å². The smallest absolute Gasteiger partial charge is 0.406 e. The van der Waals surface area contributed by atoms with Gasteiger partial charge in [-0.25, -0.2) is 8.42 Å². The van der Waals surface area contributed by atoms with Gasteiger partial charge >= 0.3 is 6.36 Å². The third-order valence-electron chi connectivity index (χ3n) is 2.62. The van der Waals surface area contributed by atoms with Crippen LogP contribution in [0, 0.1) is 6.92 Å². The summed E-state index contributed by atoms with van der Waals surface area (Å²) >= 11 is 0. The fourth-order valence-electron chi connectivity index (χ4n) is 1.75. The van der Waals surface area contributed by atoms with Crippen molar-refractivity contribution in [1.29, 1.82) is 0 Å². The lowest BCUT2D eigenvalue weighted by molar-refractivity contribution is -0.274. The number of hydrogen-bond donors (Lipinski definition) is 1. The molecule has 0 radical (unpaired) electrons. The number of ether oxygens (including phenoxy) is 1. The van der Waals surface area contributed by atoms with E-state index in [0.29, 0.717) is 0 Å². The van der Waals surface area contributed by atoms with E-state index in [1.54, 1.807) is 19.1 Å². The molecule has 118 valence electrons. The van der Waals surface area contributed by atoms with Gasteiger partial charge in [-0.15, -0.1) is 13.2 Å². The lowest BCUT2D eigenvalue weighted by Crippen LogP contribution is -2.17. The molecular formula is C14H12F3NO3S. The molecule has 1 N–H and O–H groups in total. The minimum Gasteiger partial charge on any atom is -0.406 e. The topological polar surface area (TPSA) is 55.4 Å². The summed E-state index contributed by atoms with van der Waals surface area (Å²) in [6, 6.07) is 10.8. The third kappa shape index (κ3) is 4.39. The summed E-state index contributed by atoms with van der Waals surface area (Å²) in [5, 5.41) is 0. The second-order valence-corrected chi connectivity index (χ2v) is 6.18. The lowest BCUT2D eigenvalue weighted by atomic mass is 10.2. The van der Waals surface area contributed by atoms with Gasteiger partial charge < -0.3 is 4.74 Å². The van der Waals surface area contributed by atoms with Crippen LogP contribution in [-0.2, 0) is 10.0 Å². The van der Waals surface area contributed by atoms with Crippen molar-refractivity contribution >= 4 is 15.7 Å². The largest absolute Gasteiger partial charge is 0.573 e. The van der Waals surface area contributed by atoms with Crippen LogP contribution in [0.4, 0.5) is 18.9 Å². The van der Waals surface area contributed by atoms with Gasteiger partial charge in [0.05, 0.1) is 10.6 Å². The Bertz CT molecular complexity index is 773. The fourth-order valence-corrected chi connectivity index (χ4v) is 2.91. The SMILES string of the molecule is Cc1cccc(S(=O)(=O)Nc2cccc(OC(F)(F)F)c2)c1. The van der Waals surface area contributed by atoms with E-state index >= 15 is 0 Å². The van der Waals surface area contributed by atoms with Gasteiger partial charge in [-0.05, 0) is 36.8 Å². The van der Waals surface area contributed by atoms with Crippen LogP contribution >= 0.6 is 0 Å². The van der Waals surface area contributed by atoms with Gasteiger partial charge in [0.25, 0.3) is 10.0 Å². The average Bonchev–Trinajstić information content (AvgIpc) is 2.36. The van der Waals surface area contributed by atoms with E-state index in [2.05, 4.69) is 9.46 Å². The highest BCUT2D eigenvalue weighted by atomic mass is 32.2. The molecule has 0 amide bonds. The molecule has 0 spiro atoms. The second kappa shape index (κ2) is 5.88. The molecule has 0 aliphatic heterocycles. The molecule has 0 saturated carbocycles. The van der Waals surface area contributed by atoms with Crippen LogP contribution in [0.5, 0.6) is 5.75 Å². The van der Waals surface area contributed by atoms with Crippen LogP contribution in [0.2, 0.25) is 0 Å². The summed E-state index contributed by atoms with van der Waals surface area (Å²) in [4.78, 5) is 0.0228. The normalized spacial score (nSPS) is 12.0. The van der Waals surface area contributed by atoms with Crippen LogP contribution in [0.3, 0.4) is 0 Å². The summed E-state index contributed by atoms with van der Waals surface area (Å²) in [5.74, 6) is -0.503. The van der Waals surface area contributed by atoms with Gasteiger partial charge in [0.2, 0.25) is 0 Å². The standard InChI is InChI=1S/C14H12F3NO3S/c1-10-4-2-7-13(8-10)22(19,20)18-11-5-3-6-12(9-11)21-14(15,16)17/h2-9,18H,1H3. The molecule has 8 heteroatoms. The maximum Gasteiger partial charge on any atom is 0.573 e. The molecule has 22 heavy (non-hydrogen) atoms. The van der Waals surface area contributed by atoms with E-state index in [1.165, 1.54) is 24.3 Å². The number of anilines is 1. The van der Waals surface area contributed by atoms with Crippen molar-refractivity contribution in [3.05, 3.63) is 54.1 Å². The van der Waals surface area contributed by atoms with Gasteiger partial charge in [-0.1, -0.05) is 18.2 Å². The van der Waals surface area contributed by atoms with Crippen molar-refractivity contribution in [3.63, 3.8) is 0 Å². The van der Waals surface area contributed by atoms with Crippen LogP contribution < -0.4 is 9.46 Å². The first-order chi connectivity index (χ1) is 10.2. The van der Waals surface area contributed by atoms with Crippen molar-refractivity contribution in [2.75, 3.05) is 4.72 Å². The van der Waals surface area contributed by atoms with Crippen LogP contribution in [0.15, 0.2) is 53.4 Å². The average molecular weight is 331 g/mol. The number of alkyl halides is 3. The molecule has 0 bridgehead atoms. The van der Waals surface area contributed by atoms with Crippen molar-refractivity contribution in [3.8, 4) is 5.75 Å². The van der Waals surface area contributed by atoms with Crippen molar-refractivity contribution in [2.24, 2.45) is 0 Å². The highest BCUT2D eigenvalue weighted by molar-refractivity contribution is 7.92. The fraction of sp³-hybridized carbons (Fsp3) is 0.143. The Morgan fingerprint density at radius 1 is 1.05 bits per heavy atom. The highest BCUT2D eigenvalue weighted by Crippen LogP contribution is 2.26. The van der Waals surface area contributed by atoms with Crippen LogP contribution in [0.1, 0.15) is 5.56 Å². The summed E-state index contributed by atoms with van der Waals surface area (Å²) in [5.41, 5.74) is 0.722. The number of sulfonamides is 1. The molecule has 0 fully saturated rings. The first-order valence-corrected chi connectivity index (χ1v) is 7.59. The number of benzene rings is 2. The zero-order chi connectivity index (χ0) is 16.4. The molecule has 2 aromatic rings. The molecule has 0 aromatic heterocycles. The van der Waals surface area contributed by atoms with Gasteiger partial charge in [0.15, 0.2) is 0 Å². The summed E-state index contributed by atoms with van der Waals surface area (Å²) in [6.07, 6.45) is -4.84. The predicted octanol–water partition coefficient (Wildman–Crippen LogP) is 3.69. The molecule has 4 nitrogen and oxygen atoms in total. The quantitative estimate of drug-likeness (QED) is 0.929. The maximum atomic E-state index is 12.2. The zero-order valence-corrected chi connectivity index (χ0v) is 12.2. The summed E-state index contributed by atoms with van der Waals surface area (Å²) in [7, 11) is -3.88.